The molecule has 2 heterocycles. The van der Waals surface area contributed by atoms with E-state index in [1.807, 2.05) is 43.7 Å². The van der Waals surface area contributed by atoms with Crippen molar-refractivity contribution in [2.24, 2.45) is 0 Å². The molecule has 0 amide bonds. The third-order valence-electron chi connectivity index (χ3n) is 2.95. The van der Waals surface area contributed by atoms with Crippen molar-refractivity contribution < 1.29 is 0 Å². The number of nitrogens with zero attached hydrogens (tertiary/aromatic N) is 3. The fraction of sp³-hybridized carbons (Fsp3) is 0.143. The summed E-state index contributed by atoms with van der Waals surface area (Å²) >= 11 is 13.0. The minimum atomic E-state index is 0.686. The zero-order valence-electron chi connectivity index (χ0n) is 10.8. The lowest BCUT2D eigenvalue weighted by Crippen LogP contribution is -2.15. The third-order valence-corrected chi connectivity index (χ3v) is 4.83. The molecule has 0 aliphatic carbocycles. The molecule has 1 aromatic carbocycles. The van der Waals surface area contributed by atoms with Gasteiger partial charge in [-0.3, -0.25) is 0 Å². The average Bonchev–Trinajstić information content (AvgIpc) is 2.98. The largest absolute Gasteiger partial charge is 0.355 e. The first-order valence-electron chi connectivity index (χ1n) is 6.06. The van der Waals surface area contributed by atoms with Gasteiger partial charge in [0.05, 0.1) is 23.5 Å². The van der Waals surface area contributed by atoms with Crippen molar-refractivity contribution in [2.45, 2.75) is 0 Å². The standard InChI is InChI=1S/C14H12ClN3S2/c1-17-9-11(20-14(17)19)6-10-7-16-18(8-10)13-5-3-2-4-12(13)15/h2-8H,9H2,1H3/b11-6-. The molecule has 0 N–H and O–H groups in total. The number of para-hydroxylation sites is 1. The Morgan fingerprint density at radius 3 is 2.90 bits per heavy atom. The first-order chi connectivity index (χ1) is 9.63. The number of aromatic nitrogens is 2. The highest BCUT2D eigenvalue weighted by Crippen LogP contribution is 2.30. The molecule has 1 aliphatic rings. The molecule has 0 bridgehead atoms. The summed E-state index contributed by atoms with van der Waals surface area (Å²) in [6.45, 7) is 0.862. The van der Waals surface area contributed by atoms with Crippen molar-refractivity contribution in [1.29, 1.82) is 0 Å². The monoisotopic (exact) mass is 321 g/mol. The van der Waals surface area contributed by atoms with Crippen molar-refractivity contribution in [3.63, 3.8) is 0 Å². The second-order valence-corrected chi connectivity index (χ2v) is 6.67. The lowest BCUT2D eigenvalue weighted by atomic mass is 10.3. The Morgan fingerprint density at radius 2 is 2.20 bits per heavy atom. The van der Waals surface area contributed by atoms with E-state index in [1.54, 1.807) is 16.4 Å². The van der Waals surface area contributed by atoms with Crippen LogP contribution in [0.1, 0.15) is 5.56 Å². The molecule has 0 saturated carbocycles. The summed E-state index contributed by atoms with van der Waals surface area (Å²) in [5.41, 5.74) is 1.93. The SMILES string of the molecule is CN1C/C(=C/c2cnn(-c3ccccc3Cl)c2)SC1=S. The van der Waals surface area contributed by atoms with E-state index in [0.29, 0.717) is 5.02 Å². The van der Waals surface area contributed by atoms with E-state index in [0.717, 1.165) is 22.1 Å². The zero-order valence-corrected chi connectivity index (χ0v) is 13.2. The lowest BCUT2D eigenvalue weighted by molar-refractivity contribution is 0.592. The van der Waals surface area contributed by atoms with Gasteiger partial charge in [0.15, 0.2) is 0 Å². The molecular weight excluding hydrogens is 310 g/mol. The van der Waals surface area contributed by atoms with E-state index in [1.165, 1.54) is 4.91 Å². The van der Waals surface area contributed by atoms with Gasteiger partial charge in [0, 0.05) is 23.7 Å². The van der Waals surface area contributed by atoms with Crippen LogP contribution in [0.2, 0.25) is 5.02 Å². The number of likely N-dealkylation sites (N-methyl/N-ethyl adjacent to an activating group) is 1. The number of thioether (sulfide) groups is 1. The smallest absolute Gasteiger partial charge is 0.141 e. The lowest BCUT2D eigenvalue weighted by Gasteiger charge is -2.05. The minimum absolute atomic E-state index is 0.686. The van der Waals surface area contributed by atoms with Gasteiger partial charge < -0.3 is 4.90 Å². The summed E-state index contributed by atoms with van der Waals surface area (Å²) in [7, 11) is 2.00. The van der Waals surface area contributed by atoms with E-state index in [2.05, 4.69) is 16.1 Å². The van der Waals surface area contributed by atoms with Gasteiger partial charge in [0.1, 0.15) is 4.32 Å². The summed E-state index contributed by atoms with van der Waals surface area (Å²) in [6.07, 6.45) is 5.91. The van der Waals surface area contributed by atoms with Crippen LogP contribution < -0.4 is 0 Å². The molecule has 6 heteroatoms. The van der Waals surface area contributed by atoms with Gasteiger partial charge in [0.25, 0.3) is 0 Å². The van der Waals surface area contributed by atoms with Crippen LogP contribution in [-0.2, 0) is 0 Å². The molecule has 1 saturated heterocycles. The predicted molar refractivity (Wildman–Crippen MR) is 89.4 cm³/mol. The molecule has 0 radical (unpaired) electrons. The minimum Gasteiger partial charge on any atom is -0.355 e. The van der Waals surface area contributed by atoms with Crippen molar-refractivity contribution in [3.8, 4) is 5.69 Å². The van der Waals surface area contributed by atoms with Crippen LogP contribution in [0, 0.1) is 0 Å². The maximum Gasteiger partial charge on any atom is 0.141 e. The van der Waals surface area contributed by atoms with E-state index < -0.39 is 0 Å². The van der Waals surface area contributed by atoms with Crippen molar-refractivity contribution in [3.05, 3.63) is 52.2 Å². The molecule has 1 aliphatic heterocycles. The number of thiocarbonyl (C=S) groups is 1. The number of rotatable bonds is 2. The highest BCUT2D eigenvalue weighted by atomic mass is 35.5. The molecule has 102 valence electrons. The zero-order chi connectivity index (χ0) is 14.1. The first kappa shape index (κ1) is 13.7. The summed E-state index contributed by atoms with van der Waals surface area (Å²) < 4.78 is 2.70. The van der Waals surface area contributed by atoms with E-state index in [-0.39, 0.29) is 0 Å². The summed E-state index contributed by atoms with van der Waals surface area (Å²) in [6, 6.07) is 7.65. The fourth-order valence-corrected chi connectivity index (χ4v) is 3.47. The quantitative estimate of drug-likeness (QED) is 0.783. The van der Waals surface area contributed by atoms with Gasteiger partial charge in [-0.15, -0.1) is 0 Å². The molecule has 1 fully saturated rings. The number of hydrogen-bond acceptors (Lipinski definition) is 3. The van der Waals surface area contributed by atoms with E-state index in [4.69, 9.17) is 23.8 Å². The van der Waals surface area contributed by atoms with Gasteiger partial charge >= 0.3 is 0 Å². The van der Waals surface area contributed by atoms with Gasteiger partial charge in [-0.25, -0.2) is 4.68 Å². The van der Waals surface area contributed by atoms with E-state index >= 15 is 0 Å². The fourth-order valence-electron chi connectivity index (χ4n) is 1.96. The Kier molecular flexibility index (Phi) is 3.83. The summed E-state index contributed by atoms with van der Waals surface area (Å²) in [5.74, 6) is 0. The Balaban J connectivity index is 1.87. The maximum atomic E-state index is 6.17. The average molecular weight is 322 g/mol. The predicted octanol–water partition coefficient (Wildman–Crippen LogP) is 3.83. The number of benzene rings is 1. The van der Waals surface area contributed by atoms with Crippen LogP contribution in [0.3, 0.4) is 0 Å². The Hall–Kier alpha value is -1.30. The Labute approximate surface area is 132 Å². The highest BCUT2D eigenvalue weighted by molar-refractivity contribution is 8.25. The van der Waals surface area contributed by atoms with Gasteiger partial charge in [-0.1, -0.05) is 47.7 Å². The first-order valence-corrected chi connectivity index (χ1v) is 7.67. The van der Waals surface area contributed by atoms with Crippen LogP contribution >= 0.6 is 35.6 Å². The van der Waals surface area contributed by atoms with Gasteiger partial charge in [0.2, 0.25) is 0 Å². The number of halogens is 1. The Bertz CT molecular complexity index is 693. The molecule has 2 aromatic rings. The highest BCUT2D eigenvalue weighted by Gasteiger charge is 2.18. The van der Waals surface area contributed by atoms with Gasteiger partial charge in [-0.2, -0.15) is 5.10 Å². The van der Waals surface area contributed by atoms with Gasteiger partial charge in [-0.05, 0) is 18.2 Å². The second-order valence-electron chi connectivity index (χ2n) is 4.50. The molecule has 1 aromatic heterocycles. The second kappa shape index (κ2) is 5.60. The molecule has 3 rings (SSSR count). The molecule has 0 atom stereocenters. The Morgan fingerprint density at radius 1 is 1.40 bits per heavy atom. The third kappa shape index (κ3) is 2.75. The number of hydrogen-bond donors (Lipinski definition) is 0. The maximum absolute atomic E-state index is 6.17. The van der Waals surface area contributed by atoms with Crippen LogP contribution in [0.25, 0.3) is 11.8 Å². The van der Waals surface area contributed by atoms with Crippen LogP contribution in [0.15, 0.2) is 41.6 Å². The normalized spacial score (nSPS) is 17.2. The molecule has 0 unspecified atom stereocenters. The van der Waals surface area contributed by atoms with Crippen LogP contribution in [-0.4, -0.2) is 32.6 Å². The summed E-state index contributed by atoms with van der Waals surface area (Å²) in [5, 5.41) is 5.05. The van der Waals surface area contributed by atoms with E-state index in [9.17, 15) is 0 Å². The molecular formula is C14H12ClN3S2. The van der Waals surface area contributed by atoms with Crippen molar-refractivity contribution in [1.82, 2.24) is 14.7 Å². The van der Waals surface area contributed by atoms with Crippen molar-refractivity contribution in [2.75, 3.05) is 13.6 Å². The summed E-state index contributed by atoms with van der Waals surface area (Å²) in [4.78, 5) is 3.29. The molecule has 20 heavy (non-hydrogen) atoms. The van der Waals surface area contributed by atoms with Crippen molar-refractivity contribution >= 4 is 46.0 Å². The molecule has 0 spiro atoms. The van der Waals surface area contributed by atoms with Crippen LogP contribution in [0.4, 0.5) is 0 Å². The topological polar surface area (TPSA) is 21.1 Å². The molecule has 3 nitrogen and oxygen atoms in total. The van der Waals surface area contributed by atoms with Crippen LogP contribution in [0.5, 0.6) is 0 Å².